The number of ether oxygens (including phenoxy) is 1. The Hall–Kier alpha value is -3.75. The van der Waals surface area contributed by atoms with Crippen LogP contribution < -0.4 is 10.4 Å². The van der Waals surface area contributed by atoms with E-state index in [2.05, 4.69) is 10.2 Å². The molecule has 0 bridgehead atoms. The van der Waals surface area contributed by atoms with E-state index >= 15 is 0 Å². The summed E-state index contributed by atoms with van der Waals surface area (Å²) in [6.45, 7) is 1.64. The van der Waals surface area contributed by atoms with Gasteiger partial charge in [-0.3, -0.25) is 4.57 Å². The van der Waals surface area contributed by atoms with Gasteiger partial charge in [-0.1, -0.05) is 6.07 Å². The van der Waals surface area contributed by atoms with Gasteiger partial charge in [0.15, 0.2) is 0 Å². The summed E-state index contributed by atoms with van der Waals surface area (Å²) < 4.78 is 37.4. The Morgan fingerprint density at radius 3 is 2.34 bits per heavy atom. The van der Waals surface area contributed by atoms with Crippen molar-refractivity contribution in [3.05, 3.63) is 88.2 Å². The Bertz CT molecular complexity index is 1180. The molecule has 0 saturated carbocycles. The lowest BCUT2D eigenvalue weighted by Crippen LogP contribution is -2.24. The van der Waals surface area contributed by atoms with E-state index in [1.165, 1.54) is 12.4 Å². The van der Waals surface area contributed by atoms with Crippen molar-refractivity contribution in [3.63, 3.8) is 0 Å². The molecule has 4 rings (SSSR count). The van der Waals surface area contributed by atoms with Crippen molar-refractivity contribution < 1.29 is 13.5 Å². The van der Waals surface area contributed by atoms with Crippen LogP contribution in [-0.2, 0) is 13.6 Å². The maximum Gasteiger partial charge on any atom is 0.350 e. The first kappa shape index (κ1) is 18.6. The predicted molar refractivity (Wildman–Crippen MR) is 101 cm³/mol. The Morgan fingerprint density at radius 2 is 1.72 bits per heavy atom. The van der Waals surface area contributed by atoms with Gasteiger partial charge in [-0.2, -0.15) is 14.9 Å². The fourth-order valence-electron chi connectivity index (χ4n) is 2.92. The van der Waals surface area contributed by atoms with Crippen LogP contribution in [0.4, 0.5) is 8.78 Å². The monoisotopic (exact) mass is 397 g/mol. The third kappa shape index (κ3) is 3.54. The van der Waals surface area contributed by atoms with Gasteiger partial charge in [-0.25, -0.2) is 18.3 Å². The van der Waals surface area contributed by atoms with Crippen molar-refractivity contribution >= 4 is 0 Å². The van der Waals surface area contributed by atoms with Crippen LogP contribution in [0.15, 0.2) is 59.8 Å². The highest BCUT2D eigenvalue weighted by molar-refractivity contribution is 5.38. The molecule has 0 aliphatic carbocycles. The van der Waals surface area contributed by atoms with Crippen molar-refractivity contribution in [3.8, 4) is 17.3 Å². The average Bonchev–Trinajstić information content (AvgIpc) is 3.22. The molecule has 0 N–H and O–H groups in total. The van der Waals surface area contributed by atoms with Crippen molar-refractivity contribution in [2.45, 2.75) is 13.5 Å². The van der Waals surface area contributed by atoms with Crippen LogP contribution in [0, 0.1) is 18.6 Å². The third-order valence-corrected chi connectivity index (χ3v) is 4.48. The molecule has 0 aliphatic heterocycles. The van der Waals surface area contributed by atoms with Crippen LogP contribution in [0.25, 0.3) is 5.69 Å². The quantitative estimate of drug-likeness (QED) is 0.519. The summed E-state index contributed by atoms with van der Waals surface area (Å²) in [5, 5.41) is 8.16. The molecular formula is C20H17F2N5O2. The second-order valence-corrected chi connectivity index (χ2v) is 6.51. The standard InChI is InChI=1S/C20H17F2N5O2/c1-13-10-23-25(2)19(13)29-15-8-6-14(7-9-15)27-20(28)26(12-24-27)11-16-17(21)4-3-5-18(16)22/h3-10,12H,11H2,1-2H3. The minimum Gasteiger partial charge on any atom is -0.439 e. The summed E-state index contributed by atoms with van der Waals surface area (Å²) in [4.78, 5) is 12.6. The molecule has 2 heterocycles. The number of aromatic nitrogens is 5. The number of hydrogen-bond donors (Lipinski definition) is 0. The Labute approximate surface area is 164 Å². The number of hydrogen-bond acceptors (Lipinski definition) is 4. The van der Waals surface area contributed by atoms with Crippen LogP contribution in [0.3, 0.4) is 0 Å². The Balaban J connectivity index is 1.57. The predicted octanol–water partition coefficient (Wildman–Crippen LogP) is 3.19. The fraction of sp³-hybridized carbons (Fsp3) is 0.150. The highest BCUT2D eigenvalue weighted by Crippen LogP contribution is 2.24. The van der Waals surface area contributed by atoms with Gasteiger partial charge in [0.2, 0.25) is 5.88 Å². The smallest absolute Gasteiger partial charge is 0.350 e. The van der Waals surface area contributed by atoms with E-state index in [9.17, 15) is 13.6 Å². The van der Waals surface area contributed by atoms with E-state index in [0.29, 0.717) is 17.3 Å². The van der Waals surface area contributed by atoms with Gasteiger partial charge in [-0.15, -0.1) is 0 Å². The molecule has 0 atom stereocenters. The number of rotatable bonds is 5. The van der Waals surface area contributed by atoms with Crippen molar-refractivity contribution in [2.24, 2.45) is 7.05 Å². The van der Waals surface area contributed by atoms with Gasteiger partial charge in [0.05, 0.1) is 18.4 Å². The molecule has 2 aromatic heterocycles. The zero-order valence-corrected chi connectivity index (χ0v) is 15.7. The molecule has 29 heavy (non-hydrogen) atoms. The lowest BCUT2D eigenvalue weighted by atomic mass is 10.2. The fourth-order valence-corrected chi connectivity index (χ4v) is 2.92. The molecule has 7 nitrogen and oxygen atoms in total. The number of nitrogens with zero attached hydrogens (tertiary/aromatic N) is 5. The first-order valence-corrected chi connectivity index (χ1v) is 8.78. The van der Waals surface area contributed by atoms with E-state index in [1.54, 1.807) is 42.2 Å². The van der Waals surface area contributed by atoms with E-state index < -0.39 is 17.3 Å². The second kappa shape index (κ2) is 7.34. The van der Waals surface area contributed by atoms with Gasteiger partial charge in [0.1, 0.15) is 23.7 Å². The molecule has 148 valence electrons. The van der Waals surface area contributed by atoms with Crippen LogP contribution >= 0.6 is 0 Å². The number of halogens is 2. The Kier molecular flexibility index (Phi) is 4.71. The minimum atomic E-state index is -0.711. The van der Waals surface area contributed by atoms with E-state index in [4.69, 9.17) is 4.74 Å². The van der Waals surface area contributed by atoms with Crippen molar-refractivity contribution in [1.29, 1.82) is 0 Å². The van der Waals surface area contributed by atoms with Crippen LogP contribution in [-0.4, -0.2) is 24.1 Å². The van der Waals surface area contributed by atoms with Gasteiger partial charge >= 0.3 is 5.69 Å². The molecule has 0 aliphatic rings. The molecule has 0 saturated heterocycles. The lowest BCUT2D eigenvalue weighted by Gasteiger charge is -2.08. The zero-order chi connectivity index (χ0) is 20.5. The molecule has 9 heteroatoms. The van der Waals surface area contributed by atoms with Gasteiger partial charge < -0.3 is 4.74 Å². The lowest BCUT2D eigenvalue weighted by molar-refractivity contribution is 0.427. The molecule has 0 amide bonds. The highest BCUT2D eigenvalue weighted by atomic mass is 19.1. The van der Waals surface area contributed by atoms with Crippen LogP contribution in [0.1, 0.15) is 11.1 Å². The van der Waals surface area contributed by atoms with E-state index in [-0.39, 0.29) is 12.1 Å². The number of benzene rings is 2. The second-order valence-electron chi connectivity index (χ2n) is 6.51. The molecule has 2 aromatic carbocycles. The summed E-state index contributed by atoms with van der Waals surface area (Å²) in [6, 6.07) is 10.3. The summed E-state index contributed by atoms with van der Waals surface area (Å²) in [5.41, 5.74) is 0.692. The van der Waals surface area contributed by atoms with Gasteiger partial charge in [-0.05, 0) is 43.3 Å². The first-order chi connectivity index (χ1) is 13.9. The summed E-state index contributed by atoms with van der Waals surface area (Å²) in [5.74, 6) is -0.235. The number of aryl methyl sites for hydroxylation is 2. The van der Waals surface area contributed by atoms with Crippen molar-refractivity contribution in [1.82, 2.24) is 24.1 Å². The normalized spacial score (nSPS) is 11.0. The first-order valence-electron chi connectivity index (χ1n) is 8.78. The molecule has 0 fully saturated rings. The summed E-state index contributed by atoms with van der Waals surface area (Å²) >= 11 is 0. The summed E-state index contributed by atoms with van der Waals surface area (Å²) in [6.07, 6.45) is 2.95. The highest BCUT2D eigenvalue weighted by Gasteiger charge is 2.13. The third-order valence-electron chi connectivity index (χ3n) is 4.48. The maximum absolute atomic E-state index is 13.9. The molecular weight excluding hydrogens is 380 g/mol. The molecule has 0 radical (unpaired) electrons. The molecule has 0 spiro atoms. The largest absolute Gasteiger partial charge is 0.439 e. The Morgan fingerprint density at radius 1 is 1.03 bits per heavy atom. The van der Waals surface area contributed by atoms with E-state index in [0.717, 1.165) is 26.9 Å². The topological polar surface area (TPSA) is 66.9 Å². The van der Waals surface area contributed by atoms with Crippen LogP contribution in [0.2, 0.25) is 0 Å². The molecule has 4 aromatic rings. The van der Waals surface area contributed by atoms with Gasteiger partial charge in [0.25, 0.3) is 0 Å². The zero-order valence-electron chi connectivity index (χ0n) is 15.7. The summed E-state index contributed by atoms with van der Waals surface area (Å²) in [7, 11) is 1.78. The van der Waals surface area contributed by atoms with Crippen LogP contribution in [0.5, 0.6) is 11.6 Å². The SMILES string of the molecule is Cc1cnn(C)c1Oc1ccc(-n2ncn(Cc3c(F)cccc3F)c2=O)cc1. The van der Waals surface area contributed by atoms with E-state index in [1.807, 2.05) is 6.92 Å². The van der Waals surface area contributed by atoms with Gasteiger partial charge in [0, 0.05) is 18.2 Å². The van der Waals surface area contributed by atoms with Crippen molar-refractivity contribution in [2.75, 3.05) is 0 Å². The maximum atomic E-state index is 13.9. The average molecular weight is 397 g/mol. The molecule has 0 unspecified atom stereocenters. The minimum absolute atomic E-state index is 0.190.